The quantitative estimate of drug-likeness (QED) is 0.672. The Morgan fingerprint density at radius 3 is 2.92 bits per heavy atom. The highest BCUT2D eigenvalue weighted by atomic mass is 16.5. The summed E-state index contributed by atoms with van der Waals surface area (Å²) in [4.78, 5) is 4.04. The highest BCUT2D eigenvalue weighted by Crippen LogP contribution is 2.02. The lowest BCUT2D eigenvalue weighted by molar-refractivity contribution is 0.191. The van der Waals surface area contributed by atoms with Crippen LogP contribution in [0.1, 0.15) is 25.1 Å². The molecule has 0 radical (unpaired) electrons. The summed E-state index contributed by atoms with van der Waals surface area (Å²) in [5.74, 6) is 1.03. The zero-order chi connectivity index (χ0) is 9.68. The number of rotatable bonds is 5. The van der Waals surface area contributed by atoms with Gasteiger partial charge in [-0.2, -0.15) is 4.98 Å². The molecule has 0 saturated carbocycles. The first kappa shape index (κ1) is 10.1. The van der Waals surface area contributed by atoms with E-state index in [0.29, 0.717) is 31.0 Å². The first-order valence-corrected chi connectivity index (χ1v) is 4.32. The molecule has 0 amide bonds. The van der Waals surface area contributed by atoms with E-state index in [4.69, 9.17) is 14.7 Å². The van der Waals surface area contributed by atoms with Crippen LogP contribution < -0.4 is 0 Å². The van der Waals surface area contributed by atoms with Crippen LogP contribution in [0, 0.1) is 0 Å². The molecule has 0 aliphatic heterocycles. The fourth-order valence-corrected chi connectivity index (χ4v) is 0.969. The molecule has 1 atom stereocenters. The van der Waals surface area contributed by atoms with Gasteiger partial charge < -0.3 is 14.7 Å². The molecule has 0 aliphatic carbocycles. The second kappa shape index (κ2) is 4.94. The maximum atomic E-state index is 9.03. The van der Waals surface area contributed by atoms with Gasteiger partial charge in [0, 0.05) is 19.4 Å². The van der Waals surface area contributed by atoms with E-state index < -0.39 is 6.10 Å². The number of nitrogens with zero attached hydrogens (tertiary/aromatic N) is 2. The Bertz CT molecular complexity index is 247. The summed E-state index contributed by atoms with van der Waals surface area (Å²) in [6, 6.07) is 0. The fourth-order valence-electron chi connectivity index (χ4n) is 0.969. The SMILES string of the molecule is CC(O)Cc1noc(CCCO)n1. The largest absolute Gasteiger partial charge is 0.396 e. The topological polar surface area (TPSA) is 79.4 Å². The Morgan fingerprint density at radius 1 is 1.54 bits per heavy atom. The molecule has 5 nitrogen and oxygen atoms in total. The highest BCUT2D eigenvalue weighted by Gasteiger charge is 2.07. The first-order valence-electron chi connectivity index (χ1n) is 4.32. The molecule has 74 valence electrons. The molecule has 0 aliphatic rings. The van der Waals surface area contributed by atoms with Crippen LogP contribution in [-0.4, -0.2) is 33.1 Å². The molecule has 0 spiro atoms. The Morgan fingerprint density at radius 2 is 2.31 bits per heavy atom. The van der Waals surface area contributed by atoms with E-state index in [9.17, 15) is 0 Å². The van der Waals surface area contributed by atoms with E-state index in [-0.39, 0.29) is 6.61 Å². The number of aromatic nitrogens is 2. The molecule has 1 rings (SSSR count). The zero-order valence-corrected chi connectivity index (χ0v) is 7.60. The molecule has 2 N–H and O–H groups in total. The summed E-state index contributed by atoms with van der Waals surface area (Å²) in [6.45, 7) is 1.79. The van der Waals surface area contributed by atoms with Crippen LogP contribution in [0.2, 0.25) is 0 Å². The molecule has 1 aromatic rings. The molecule has 0 bridgehead atoms. The molecular weight excluding hydrogens is 172 g/mol. The minimum atomic E-state index is -0.455. The number of aliphatic hydroxyl groups excluding tert-OH is 2. The molecule has 13 heavy (non-hydrogen) atoms. The lowest BCUT2D eigenvalue weighted by Crippen LogP contribution is -2.05. The van der Waals surface area contributed by atoms with Crippen molar-refractivity contribution in [2.45, 2.75) is 32.3 Å². The summed E-state index contributed by atoms with van der Waals surface area (Å²) in [5, 5.41) is 21.3. The Hall–Kier alpha value is -0.940. The predicted molar refractivity (Wildman–Crippen MR) is 45.1 cm³/mol. The maximum Gasteiger partial charge on any atom is 0.226 e. The second-order valence-electron chi connectivity index (χ2n) is 2.98. The van der Waals surface area contributed by atoms with E-state index in [0.717, 1.165) is 0 Å². The van der Waals surface area contributed by atoms with Crippen molar-refractivity contribution >= 4 is 0 Å². The van der Waals surface area contributed by atoms with Crippen LogP contribution >= 0.6 is 0 Å². The van der Waals surface area contributed by atoms with Crippen LogP contribution in [0.3, 0.4) is 0 Å². The van der Waals surface area contributed by atoms with Crippen molar-refractivity contribution in [3.63, 3.8) is 0 Å². The molecule has 0 saturated heterocycles. The summed E-state index contributed by atoms with van der Waals surface area (Å²) < 4.78 is 4.88. The zero-order valence-electron chi connectivity index (χ0n) is 7.60. The van der Waals surface area contributed by atoms with Crippen LogP contribution in [0.15, 0.2) is 4.52 Å². The average molecular weight is 186 g/mol. The highest BCUT2D eigenvalue weighted by molar-refractivity contribution is 4.87. The van der Waals surface area contributed by atoms with Crippen molar-refractivity contribution in [1.82, 2.24) is 10.1 Å². The minimum Gasteiger partial charge on any atom is -0.396 e. The van der Waals surface area contributed by atoms with Gasteiger partial charge in [-0.05, 0) is 13.3 Å². The van der Waals surface area contributed by atoms with Gasteiger partial charge in [0.1, 0.15) is 0 Å². The van der Waals surface area contributed by atoms with Gasteiger partial charge in [-0.3, -0.25) is 0 Å². The van der Waals surface area contributed by atoms with Gasteiger partial charge in [0.25, 0.3) is 0 Å². The van der Waals surface area contributed by atoms with E-state index in [1.807, 2.05) is 0 Å². The maximum absolute atomic E-state index is 9.03. The van der Waals surface area contributed by atoms with Gasteiger partial charge in [0.05, 0.1) is 6.10 Å². The lowest BCUT2D eigenvalue weighted by atomic mass is 10.3. The smallest absolute Gasteiger partial charge is 0.226 e. The third-order valence-corrected chi connectivity index (χ3v) is 1.54. The predicted octanol–water partition coefficient (Wildman–Crippen LogP) is -0.0822. The van der Waals surface area contributed by atoms with Crippen molar-refractivity contribution in [2.75, 3.05) is 6.61 Å². The average Bonchev–Trinajstić information content (AvgIpc) is 2.48. The molecule has 1 unspecified atom stereocenters. The van der Waals surface area contributed by atoms with Gasteiger partial charge in [0.2, 0.25) is 5.89 Å². The van der Waals surface area contributed by atoms with Crippen molar-refractivity contribution in [2.24, 2.45) is 0 Å². The summed E-state index contributed by atoms with van der Waals surface area (Å²) >= 11 is 0. The van der Waals surface area contributed by atoms with E-state index >= 15 is 0 Å². The Kier molecular flexibility index (Phi) is 3.85. The molecule has 0 fully saturated rings. The molecule has 1 heterocycles. The molecular formula is C8H14N2O3. The second-order valence-corrected chi connectivity index (χ2v) is 2.98. The third kappa shape index (κ3) is 3.52. The Balaban J connectivity index is 2.44. The number of aryl methyl sites for hydroxylation is 1. The van der Waals surface area contributed by atoms with Gasteiger partial charge in [-0.25, -0.2) is 0 Å². The van der Waals surface area contributed by atoms with Crippen LogP contribution in [-0.2, 0) is 12.8 Å². The van der Waals surface area contributed by atoms with Crippen molar-refractivity contribution < 1.29 is 14.7 Å². The van der Waals surface area contributed by atoms with E-state index in [1.54, 1.807) is 6.92 Å². The van der Waals surface area contributed by atoms with Gasteiger partial charge in [-0.1, -0.05) is 5.16 Å². The van der Waals surface area contributed by atoms with E-state index in [2.05, 4.69) is 10.1 Å². The molecule has 5 heteroatoms. The van der Waals surface area contributed by atoms with E-state index in [1.165, 1.54) is 0 Å². The standard InChI is InChI=1S/C8H14N2O3/c1-6(12)5-7-9-8(13-10-7)3-2-4-11/h6,11-12H,2-5H2,1H3. The molecule has 1 aromatic heterocycles. The van der Waals surface area contributed by atoms with Crippen molar-refractivity contribution in [1.29, 1.82) is 0 Å². The Labute approximate surface area is 76.4 Å². The number of hydrogen-bond acceptors (Lipinski definition) is 5. The number of aliphatic hydroxyl groups is 2. The fraction of sp³-hybridized carbons (Fsp3) is 0.750. The summed E-state index contributed by atoms with van der Waals surface area (Å²) in [5.41, 5.74) is 0. The van der Waals surface area contributed by atoms with Crippen LogP contribution in [0.5, 0.6) is 0 Å². The van der Waals surface area contributed by atoms with Crippen LogP contribution in [0.4, 0.5) is 0 Å². The monoisotopic (exact) mass is 186 g/mol. The van der Waals surface area contributed by atoms with Crippen molar-refractivity contribution in [3.8, 4) is 0 Å². The lowest BCUT2D eigenvalue weighted by Gasteiger charge is -1.95. The van der Waals surface area contributed by atoms with Crippen molar-refractivity contribution in [3.05, 3.63) is 11.7 Å². The van der Waals surface area contributed by atoms with Crippen LogP contribution in [0.25, 0.3) is 0 Å². The first-order chi connectivity index (χ1) is 6.22. The normalized spacial score (nSPS) is 13.2. The summed E-state index contributed by atoms with van der Waals surface area (Å²) in [7, 11) is 0. The van der Waals surface area contributed by atoms with Gasteiger partial charge in [0.15, 0.2) is 5.82 Å². The van der Waals surface area contributed by atoms with Gasteiger partial charge in [-0.15, -0.1) is 0 Å². The third-order valence-electron chi connectivity index (χ3n) is 1.54. The van der Waals surface area contributed by atoms with Gasteiger partial charge >= 0.3 is 0 Å². The summed E-state index contributed by atoms with van der Waals surface area (Å²) in [6.07, 6.45) is 1.16. The molecule has 0 aromatic carbocycles. The number of hydrogen-bond donors (Lipinski definition) is 2. The minimum absolute atomic E-state index is 0.119.